The lowest BCUT2D eigenvalue weighted by atomic mass is 10.1. The molecule has 1 unspecified atom stereocenters. The Labute approximate surface area is 170 Å². The standard InChI is InChI=1S/C21H18F3NO5/c1-13(20(27)25-11-15-5-7-17-18(10-15)29-12-28-17)30-19(26)8-6-14-3-2-4-16(9-14)21(22,23)24/h2-10,13H,11-12H2,1H3,(H,25,27). The molecule has 0 aromatic heterocycles. The van der Waals surface area contributed by atoms with Gasteiger partial charge in [0.2, 0.25) is 6.79 Å². The van der Waals surface area contributed by atoms with Gasteiger partial charge >= 0.3 is 12.1 Å². The van der Waals surface area contributed by atoms with Crippen LogP contribution in [0.1, 0.15) is 23.6 Å². The van der Waals surface area contributed by atoms with Gasteiger partial charge in [0.15, 0.2) is 17.6 Å². The molecule has 1 amide bonds. The maximum Gasteiger partial charge on any atom is 0.416 e. The molecule has 158 valence electrons. The number of benzene rings is 2. The maximum atomic E-state index is 12.7. The molecule has 0 aliphatic carbocycles. The zero-order valence-corrected chi connectivity index (χ0v) is 15.9. The second kappa shape index (κ2) is 8.89. The van der Waals surface area contributed by atoms with Gasteiger partial charge < -0.3 is 19.5 Å². The molecular formula is C21H18F3NO5. The molecule has 1 atom stereocenters. The van der Waals surface area contributed by atoms with Crippen LogP contribution in [0.5, 0.6) is 11.5 Å². The predicted molar refractivity (Wildman–Crippen MR) is 100 cm³/mol. The van der Waals surface area contributed by atoms with Gasteiger partial charge in [-0.25, -0.2) is 4.79 Å². The Morgan fingerprint density at radius 3 is 2.70 bits per heavy atom. The van der Waals surface area contributed by atoms with Gasteiger partial charge in [0.25, 0.3) is 5.91 Å². The minimum absolute atomic E-state index is 0.145. The largest absolute Gasteiger partial charge is 0.454 e. The summed E-state index contributed by atoms with van der Waals surface area (Å²) in [5, 5.41) is 2.63. The zero-order chi connectivity index (χ0) is 21.7. The average Bonchev–Trinajstić information content (AvgIpc) is 3.18. The molecule has 0 fully saturated rings. The number of amides is 1. The average molecular weight is 421 g/mol. The molecule has 0 saturated heterocycles. The lowest BCUT2D eigenvalue weighted by Crippen LogP contribution is -2.35. The van der Waals surface area contributed by atoms with Crippen LogP contribution >= 0.6 is 0 Å². The van der Waals surface area contributed by atoms with Crippen molar-refractivity contribution < 1.29 is 37.0 Å². The van der Waals surface area contributed by atoms with E-state index in [9.17, 15) is 22.8 Å². The Hall–Kier alpha value is -3.49. The lowest BCUT2D eigenvalue weighted by molar-refractivity contribution is -0.150. The predicted octanol–water partition coefficient (Wildman–Crippen LogP) is 3.70. The number of ether oxygens (including phenoxy) is 3. The summed E-state index contributed by atoms with van der Waals surface area (Å²) in [6.07, 6.45) is -3.40. The number of alkyl halides is 3. The highest BCUT2D eigenvalue weighted by Gasteiger charge is 2.30. The fourth-order valence-corrected chi connectivity index (χ4v) is 2.63. The van der Waals surface area contributed by atoms with Crippen LogP contribution in [-0.2, 0) is 27.0 Å². The molecule has 3 rings (SSSR count). The zero-order valence-electron chi connectivity index (χ0n) is 15.9. The normalized spacial score (nSPS) is 13.9. The van der Waals surface area contributed by atoms with Gasteiger partial charge in [-0.3, -0.25) is 4.79 Å². The van der Waals surface area contributed by atoms with Crippen LogP contribution < -0.4 is 14.8 Å². The highest BCUT2D eigenvalue weighted by Crippen LogP contribution is 2.32. The molecular weight excluding hydrogens is 403 g/mol. The van der Waals surface area contributed by atoms with Crippen LogP contribution in [-0.4, -0.2) is 24.8 Å². The van der Waals surface area contributed by atoms with E-state index in [1.807, 2.05) is 0 Å². The Kier molecular flexibility index (Phi) is 6.29. The SMILES string of the molecule is CC(OC(=O)C=Cc1cccc(C(F)(F)F)c1)C(=O)NCc1ccc2c(c1)OCO2. The van der Waals surface area contributed by atoms with Crippen molar-refractivity contribution in [2.24, 2.45) is 0 Å². The summed E-state index contributed by atoms with van der Waals surface area (Å²) in [7, 11) is 0. The molecule has 1 aliphatic rings. The number of fused-ring (bicyclic) bond motifs is 1. The molecule has 0 spiro atoms. The summed E-state index contributed by atoms with van der Waals surface area (Å²) >= 11 is 0. The van der Waals surface area contributed by atoms with Crippen molar-refractivity contribution in [3.8, 4) is 11.5 Å². The van der Waals surface area contributed by atoms with Crippen molar-refractivity contribution in [1.82, 2.24) is 5.32 Å². The van der Waals surface area contributed by atoms with E-state index in [4.69, 9.17) is 14.2 Å². The van der Waals surface area contributed by atoms with Crippen LogP contribution in [0, 0.1) is 0 Å². The van der Waals surface area contributed by atoms with Crippen molar-refractivity contribution in [3.05, 3.63) is 65.2 Å². The molecule has 30 heavy (non-hydrogen) atoms. The first-order valence-corrected chi connectivity index (χ1v) is 8.94. The van der Waals surface area contributed by atoms with Crippen LogP contribution in [0.4, 0.5) is 13.2 Å². The molecule has 0 saturated carbocycles. The molecule has 9 heteroatoms. The van der Waals surface area contributed by atoms with E-state index in [0.717, 1.165) is 23.8 Å². The van der Waals surface area contributed by atoms with E-state index in [1.54, 1.807) is 18.2 Å². The third kappa shape index (κ3) is 5.53. The Morgan fingerprint density at radius 1 is 1.17 bits per heavy atom. The highest BCUT2D eigenvalue weighted by atomic mass is 19.4. The van der Waals surface area contributed by atoms with Crippen LogP contribution in [0.3, 0.4) is 0 Å². The van der Waals surface area contributed by atoms with Crippen molar-refractivity contribution in [1.29, 1.82) is 0 Å². The smallest absolute Gasteiger partial charge is 0.416 e. The first-order chi connectivity index (χ1) is 14.2. The third-order valence-corrected chi connectivity index (χ3v) is 4.19. The van der Waals surface area contributed by atoms with Crippen LogP contribution in [0.15, 0.2) is 48.5 Å². The molecule has 1 heterocycles. The first-order valence-electron chi connectivity index (χ1n) is 8.94. The van der Waals surface area contributed by atoms with E-state index < -0.39 is 29.7 Å². The minimum Gasteiger partial charge on any atom is -0.454 e. The third-order valence-electron chi connectivity index (χ3n) is 4.19. The van der Waals surface area contributed by atoms with E-state index in [-0.39, 0.29) is 18.9 Å². The number of hydrogen-bond acceptors (Lipinski definition) is 5. The molecule has 0 bridgehead atoms. The molecule has 1 N–H and O–H groups in total. The van der Waals surface area contributed by atoms with E-state index in [0.29, 0.717) is 11.5 Å². The number of nitrogens with one attached hydrogen (secondary N) is 1. The van der Waals surface area contributed by atoms with Crippen molar-refractivity contribution in [2.75, 3.05) is 6.79 Å². The van der Waals surface area contributed by atoms with Gasteiger partial charge in [0.05, 0.1) is 5.56 Å². The number of carbonyl (C=O) groups excluding carboxylic acids is 2. The fourth-order valence-electron chi connectivity index (χ4n) is 2.63. The van der Waals surface area contributed by atoms with Gasteiger partial charge in [-0.05, 0) is 48.4 Å². The molecule has 2 aromatic rings. The van der Waals surface area contributed by atoms with Crippen molar-refractivity contribution in [3.63, 3.8) is 0 Å². The van der Waals surface area contributed by atoms with E-state index in [1.165, 1.54) is 25.1 Å². The van der Waals surface area contributed by atoms with Gasteiger partial charge in [-0.15, -0.1) is 0 Å². The van der Waals surface area contributed by atoms with Gasteiger partial charge in [0, 0.05) is 12.6 Å². The van der Waals surface area contributed by atoms with E-state index in [2.05, 4.69) is 5.32 Å². The Morgan fingerprint density at radius 2 is 1.93 bits per heavy atom. The summed E-state index contributed by atoms with van der Waals surface area (Å²) in [4.78, 5) is 24.0. The van der Waals surface area contributed by atoms with E-state index >= 15 is 0 Å². The minimum atomic E-state index is -4.48. The molecule has 2 aromatic carbocycles. The number of rotatable bonds is 6. The first kappa shape index (κ1) is 21.2. The second-order valence-electron chi connectivity index (χ2n) is 6.44. The van der Waals surface area contributed by atoms with Crippen LogP contribution in [0.25, 0.3) is 6.08 Å². The van der Waals surface area contributed by atoms with Gasteiger partial charge in [0.1, 0.15) is 0 Å². The maximum absolute atomic E-state index is 12.7. The number of esters is 1. The Balaban J connectivity index is 1.50. The summed E-state index contributed by atoms with van der Waals surface area (Å²) in [5.74, 6) is -0.160. The number of hydrogen-bond donors (Lipinski definition) is 1. The molecule has 6 nitrogen and oxygen atoms in total. The summed E-state index contributed by atoms with van der Waals surface area (Å²) in [5.41, 5.74) is 0.131. The summed E-state index contributed by atoms with van der Waals surface area (Å²) in [6.45, 7) is 1.73. The fraction of sp³-hybridized carbons (Fsp3) is 0.238. The molecule has 0 radical (unpaired) electrons. The van der Waals surface area contributed by atoms with Gasteiger partial charge in [-0.2, -0.15) is 13.2 Å². The molecule has 1 aliphatic heterocycles. The van der Waals surface area contributed by atoms with Crippen molar-refractivity contribution >= 4 is 18.0 Å². The topological polar surface area (TPSA) is 73.9 Å². The van der Waals surface area contributed by atoms with Gasteiger partial charge in [-0.1, -0.05) is 18.2 Å². The second-order valence-corrected chi connectivity index (χ2v) is 6.44. The summed E-state index contributed by atoms with van der Waals surface area (Å²) in [6, 6.07) is 9.72. The van der Waals surface area contributed by atoms with Crippen LogP contribution in [0.2, 0.25) is 0 Å². The monoisotopic (exact) mass is 421 g/mol. The number of halogens is 3. The number of carbonyl (C=O) groups is 2. The summed E-state index contributed by atoms with van der Waals surface area (Å²) < 4.78 is 53.6. The Bertz CT molecular complexity index is 971. The van der Waals surface area contributed by atoms with Crippen molar-refractivity contribution in [2.45, 2.75) is 25.7 Å². The highest BCUT2D eigenvalue weighted by molar-refractivity contribution is 5.90. The quantitative estimate of drug-likeness (QED) is 0.569. The lowest BCUT2D eigenvalue weighted by Gasteiger charge is -2.12.